The standard InChI is InChI=1S/C12H11F3N2O3S/c13-12(14,15)21(18,19)11-5-2-1-4-10(11)20-9-8-17-7-3-6-16-17/h1-7H,8-9H2. The average Bonchev–Trinajstić information content (AvgIpc) is 2.91. The van der Waals surface area contributed by atoms with Gasteiger partial charge >= 0.3 is 5.51 Å². The van der Waals surface area contributed by atoms with E-state index in [1.54, 1.807) is 18.5 Å². The first-order valence-corrected chi connectivity index (χ1v) is 7.31. The minimum atomic E-state index is -5.44. The Balaban J connectivity index is 2.18. The Morgan fingerprint density at radius 3 is 2.52 bits per heavy atom. The second-order valence-electron chi connectivity index (χ2n) is 4.01. The van der Waals surface area contributed by atoms with Crippen LogP contribution in [-0.4, -0.2) is 30.3 Å². The highest BCUT2D eigenvalue weighted by molar-refractivity contribution is 7.92. The van der Waals surface area contributed by atoms with E-state index in [4.69, 9.17) is 4.74 Å². The van der Waals surface area contributed by atoms with E-state index in [9.17, 15) is 21.6 Å². The highest BCUT2D eigenvalue weighted by Crippen LogP contribution is 2.35. The van der Waals surface area contributed by atoms with E-state index in [2.05, 4.69) is 5.10 Å². The molecule has 0 saturated carbocycles. The van der Waals surface area contributed by atoms with E-state index < -0.39 is 20.2 Å². The lowest BCUT2D eigenvalue weighted by atomic mass is 10.3. The third-order valence-electron chi connectivity index (χ3n) is 2.58. The molecule has 1 heterocycles. The Kier molecular flexibility index (Phi) is 4.21. The molecule has 21 heavy (non-hydrogen) atoms. The molecule has 1 aromatic heterocycles. The van der Waals surface area contributed by atoms with Gasteiger partial charge in [-0.25, -0.2) is 8.42 Å². The third-order valence-corrected chi connectivity index (χ3v) is 4.11. The van der Waals surface area contributed by atoms with Crippen LogP contribution in [0.1, 0.15) is 0 Å². The maximum atomic E-state index is 12.6. The Bertz CT molecular complexity index is 697. The van der Waals surface area contributed by atoms with E-state index in [1.165, 1.54) is 22.9 Å². The molecule has 0 N–H and O–H groups in total. The second-order valence-corrected chi connectivity index (χ2v) is 5.92. The molecule has 0 unspecified atom stereocenters. The van der Waals surface area contributed by atoms with Gasteiger partial charge in [0.15, 0.2) is 0 Å². The smallest absolute Gasteiger partial charge is 0.490 e. The van der Waals surface area contributed by atoms with Gasteiger partial charge in [0.25, 0.3) is 9.84 Å². The van der Waals surface area contributed by atoms with E-state index in [0.717, 1.165) is 6.07 Å². The molecular weight excluding hydrogens is 309 g/mol. The molecule has 2 rings (SSSR count). The molecular formula is C12H11F3N2O3S. The first-order chi connectivity index (χ1) is 9.82. The van der Waals surface area contributed by atoms with Crippen LogP contribution in [0.2, 0.25) is 0 Å². The lowest BCUT2D eigenvalue weighted by molar-refractivity contribution is -0.0437. The monoisotopic (exact) mass is 320 g/mol. The topological polar surface area (TPSA) is 61.2 Å². The number of ether oxygens (including phenoxy) is 1. The molecule has 5 nitrogen and oxygen atoms in total. The number of sulfone groups is 1. The summed E-state index contributed by atoms with van der Waals surface area (Å²) in [5.74, 6) is -0.331. The molecule has 0 aliphatic rings. The molecule has 2 aromatic rings. The zero-order valence-electron chi connectivity index (χ0n) is 10.6. The zero-order chi connectivity index (χ0) is 15.5. The quantitative estimate of drug-likeness (QED) is 0.848. The largest absolute Gasteiger partial charge is 0.502 e. The average molecular weight is 320 g/mol. The Hall–Kier alpha value is -2.03. The molecule has 0 saturated heterocycles. The maximum Gasteiger partial charge on any atom is 0.502 e. The van der Waals surface area contributed by atoms with Crippen LogP contribution in [0.25, 0.3) is 0 Å². The number of hydrogen-bond donors (Lipinski definition) is 0. The molecule has 0 bridgehead atoms. The predicted molar refractivity (Wildman–Crippen MR) is 67.4 cm³/mol. The Morgan fingerprint density at radius 2 is 1.90 bits per heavy atom. The van der Waals surface area contributed by atoms with Crippen LogP contribution in [0.5, 0.6) is 5.75 Å². The summed E-state index contributed by atoms with van der Waals surface area (Å²) in [4.78, 5) is -0.891. The van der Waals surface area contributed by atoms with Crippen LogP contribution >= 0.6 is 0 Å². The summed E-state index contributed by atoms with van der Waals surface area (Å²) in [6, 6.07) is 6.34. The maximum absolute atomic E-state index is 12.6. The van der Waals surface area contributed by atoms with Crippen LogP contribution in [-0.2, 0) is 16.4 Å². The van der Waals surface area contributed by atoms with Crippen molar-refractivity contribution in [1.29, 1.82) is 0 Å². The van der Waals surface area contributed by atoms with Gasteiger partial charge in [0, 0.05) is 12.4 Å². The van der Waals surface area contributed by atoms with Crippen molar-refractivity contribution in [2.45, 2.75) is 16.9 Å². The number of para-hydroxylation sites is 1. The normalized spacial score (nSPS) is 12.3. The summed E-state index contributed by atoms with van der Waals surface area (Å²) in [5.41, 5.74) is -5.37. The molecule has 0 atom stereocenters. The highest BCUT2D eigenvalue weighted by atomic mass is 32.2. The van der Waals surface area contributed by atoms with Crippen LogP contribution < -0.4 is 4.74 Å². The molecule has 114 valence electrons. The first kappa shape index (κ1) is 15.4. The summed E-state index contributed by atoms with van der Waals surface area (Å²) in [6.07, 6.45) is 3.20. The van der Waals surface area contributed by atoms with Crippen LogP contribution in [0.3, 0.4) is 0 Å². The van der Waals surface area contributed by atoms with Crippen molar-refractivity contribution in [3.63, 3.8) is 0 Å². The summed E-state index contributed by atoms with van der Waals surface area (Å²) in [7, 11) is -5.44. The fourth-order valence-corrected chi connectivity index (χ4v) is 2.50. The van der Waals surface area contributed by atoms with Crippen molar-refractivity contribution in [1.82, 2.24) is 9.78 Å². The number of hydrogen-bond acceptors (Lipinski definition) is 4. The van der Waals surface area contributed by atoms with Crippen molar-refractivity contribution in [2.24, 2.45) is 0 Å². The zero-order valence-corrected chi connectivity index (χ0v) is 11.4. The SMILES string of the molecule is O=S(=O)(c1ccccc1OCCn1cccn1)C(F)(F)F. The second kappa shape index (κ2) is 5.76. The van der Waals surface area contributed by atoms with E-state index >= 15 is 0 Å². The number of nitrogens with zero attached hydrogens (tertiary/aromatic N) is 2. The fourth-order valence-electron chi connectivity index (χ4n) is 1.60. The summed E-state index contributed by atoms with van der Waals surface area (Å²) >= 11 is 0. The van der Waals surface area contributed by atoms with Gasteiger partial charge in [-0.05, 0) is 18.2 Å². The third kappa shape index (κ3) is 3.35. The molecule has 0 spiro atoms. The van der Waals surface area contributed by atoms with Gasteiger partial charge in [-0.1, -0.05) is 12.1 Å². The van der Waals surface area contributed by atoms with Crippen molar-refractivity contribution >= 4 is 9.84 Å². The Morgan fingerprint density at radius 1 is 1.19 bits per heavy atom. The van der Waals surface area contributed by atoms with Gasteiger partial charge in [-0.3, -0.25) is 4.68 Å². The van der Waals surface area contributed by atoms with Gasteiger partial charge < -0.3 is 4.74 Å². The minimum Gasteiger partial charge on any atom is -0.490 e. The Labute approximate surface area is 118 Å². The summed E-state index contributed by atoms with van der Waals surface area (Å²) in [5, 5.41) is 3.90. The molecule has 9 heteroatoms. The first-order valence-electron chi connectivity index (χ1n) is 5.83. The van der Waals surface area contributed by atoms with E-state index in [1.807, 2.05) is 0 Å². The van der Waals surface area contributed by atoms with E-state index in [-0.39, 0.29) is 18.9 Å². The fraction of sp³-hybridized carbons (Fsp3) is 0.250. The van der Waals surface area contributed by atoms with Gasteiger partial charge in [-0.2, -0.15) is 18.3 Å². The number of rotatable bonds is 5. The van der Waals surface area contributed by atoms with Crippen molar-refractivity contribution in [3.05, 3.63) is 42.7 Å². The van der Waals surface area contributed by atoms with Gasteiger partial charge in [0.2, 0.25) is 0 Å². The van der Waals surface area contributed by atoms with Crippen LogP contribution in [0.4, 0.5) is 13.2 Å². The highest BCUT2D eigenvalue weighted by Gasteiger charge is 2.48. The molecule has 0 aliphatic heterocycles. The van der Waals surface area contributed by atoms with Gasteiger partial charge in [-0.15, -0.1) is 0 Å². The van der Waals surface area contributed by atoms with Gasteiger partial charge in [0.05, 0.1) is 6.54 Å². The van der Waals surface area contributed by atoms with Crippen molar-refractivity contribution in [2.75, 3.05) is 6.61 Å². The minimum absolute atomic E-state index is 0.00787. The van der Waals surface area contributed by atoms with Crippen molar-refractivity contribution < 1.29 is 26.3 Å². The van der Waals surface area contributed by atoms with Gasteiger partial charge in [0.1, 0.15) is 17.3 Å². The predicted octanol–water partition coefficient (Wildman–Crippen LogP) is 2.26. The molecule has 0 aliphatic carbocycles. The molecule has 0 fully saturated rings. The van der Waals surface area contributed by atoms with E-state index in [0.29, 0.717) is 0 Å². The van der Waals surface area contributed by atoms with Crippen molar-refractivity contribution in [3.8, 4) is 5.75 Å². The number of halogens is 3. The number of benzene rings is 1. The van der Waals surface area contributed by atoms with Crippen LogP contribution in [0.15, 0.2) is 47.6 Å². The van der Waals surface area contributed by atoms with Crippen LogP contribution in [0, 0.1) is 0 Å². The molecule has 1 aromatic carbocycles. The lowest BCUT2D eigenvalue weighted by Crippen LogP contribution is -2.24. The molecule has 0 radical (unpaired) electrons. The number of alkyl halides is 3. The summed E-state index contributed by atoms with van der Waals surface area (Å²) < 4.78 is 67.3. The lowest BCUT2D eigenvalue weighted by Gasteiger charge is -2.13. The summed E-state index contributed by atoms with van der Waals surface area (Å²) in [6.45, 7) is 0.277. The molecule has 0 amide bonds. The number of aromatic nitrogens is 2.